The third-order valence-electron chi connectivity index (χ3n) is 2.87. The van der Waals surface area contributed by atoms with E-state index >= 15 is 0 Å². The first kappa shape index (κ1) is 10.6. The van der Waals surface area contributed by atoms with Crippen molar-refractivity contribution in [1.29, 1.82) is 0 Å². The van der Waals surface area contributed by atoms with E-state index in [4.69, 9.17) is 11.6 Å². The van der Waals surface area contributed by atoms with Gasteiger partial charge < -0.3 is 0 Å². The summed E-state index contributed by atoms with van der Waals surface area (Å²) in [5, 5.41) is 0. The molecule has 1 saturated carbocycles. The lowest BCUT2D eigenvalue weighted by molar-refractivity contribution is 0.260. The molecule has 1 aliphatic heterocycles. The average Bonchev–Trinajstić information content (AvgIpc) is 2.68. The van der Waals surface area contributed by atoms with E-state index in [1.54, 1.807) is 0 Å². The highest BCUT2D eigenvalue weighted by Crippen LogP contribution is 2.32. The lowest BCUT2D eigenvalue weighted by Gasteiger charge is -2.21. The van der Waals surface area contributed by atoms with Crippen molar-refractivity contribution in [1.82, 2.24) is 4.90 Å². The van der Waals surface area contributed by atoms with Crippen molar-refractivity contribution in [3.05, 3.63) is 0 Å². The number of hydrogen-bond acceptors (Lipinski definition) is 1. The first-order valence-corrected chi connectivity index (χ1v) is 5.23. The highest BCUT2D eigenvalue weighted by Gasteiger charge is 2.30. The summed E-state index contributed by atoms with van der Waals surface area (Å²) in [6.45, 7) is 2.63. The molecule has 72 valence electrons. The van der Waals surface area contributed by atoms with E-state index in [9.17, 15) is 0 Å². The van der Waals surface area contributed by atoms with Crippen molar-refractivity contribution < 1.29 is 0 Å². The summed E-state index contributed by atoms with van der Waals surface area (Å²) in [7, 11) is 0. The molecule has 0 aromatic heterocycles. The van der Waals surface area contributed by atoms with E-state index < -0.39 is 0 Å². The monoisotopic (exact) mass is 209 g/mol. The van der Waals surface area contributed by atoms with Gasteiger partial charge in [0.25, 0.3) is 0 Å². The predicted octanol–water partition coefficient (Wildman–Crippen LogP) is 2.52. The van der Waals surface area contributed by atoms with Crippen LogP contribution in [0.15, 0.2) is 0 Å². The average molecular weight is 210 g/mol. The maximum Gasteiger partial charge on any atom is 0.0379 e. The Hall–Kier alpha value is 0.540. The third kappa shape index (κ3) is 2.51. The summed E-state index contributed by atoms with van der Waals surface area (Å²) in [6.07, 6.45) is 5.62. The van der Waals surface area contributed by atoms with E-state index in [0.29, 0.717) is 6.04 Å². The van der Waals surface area contributed by atoms with Crippen molar-refractivity contribution in [2.24, 2.45) is 5.92 Å². The number of halogens is 2. The van der Waals surface area contributed by atoms with E-state index in [1.165, 1.54) is 38.8 Å². The molecule has 0 aromatic carbocycles. The van der Waals surface area contributed by atoms with Crippen LogP contribution in [0.5, 0.6) is 0 Å². The van der Waals surface area contributed by atoms with Gasteiger partial charge in [0.2, 0.25) is 0 Å². The Morgan fingerprint density at radius 3 is 2.58 bits per heavy atom. The number of rotatable bonds is 3. The molecule has 12 heavy (non-hydrogen) atoms. The first-order valence-electron chi connectivity index (χ1n) is 4.70. The van der Waals surface area contributed by atoms with Crippen LogP contribution in [0.1, 0.15) is 25.7 Å². The van der Waals surface area contributed by atoms with Crippen LogP contribution in [0.3, 0.4) is 0 Å². The maximum atomic E-state index is 5.86. The van der Waals surface area contributed by atoms with Gasteiger partial charge in [-0.15, -0.1) is 24.0 Å². The van der Waals surface area contributed by atoms with E-state index in [2.05, 4.69) is 4.90 Å². The molecule has 0 aromatic rings. The molecule has 1 heterocycles. The highest BCUT2D eigenvalue weighted by atomic mass is 35.5. The first-order chi connectivity index (χ1) is 5.40. The van der Waals surface area contributed by atoms with Crippen LogP contribution in [-0.2, 0) is 0 Å². The van der Waals surface area contributed by atoms with Gasteiger partial charge in [-0.2, -0.15) is 0 Å². The fourth-order valence-corrected chi connectivity index (χ4v) is 2.29. The molecule has 0 N–H and O–H groups in total. The zero-order chi connectivity index (χ0) is 7.68. The quantitative estimate of drug-likeness (QED) is 0.647. The van der Waals surface area contributed by atoms with Gasteiger partial charge in [0.05, 0.1) is 0 Å². The van der Waals surface area contributed by atoms with Crippen molar-refractivity contribution in [2.75, 3.05) is 19.0 Å². The molecule has 1 saturated heterocycles. The second-order valence-corrected chi connectivity index (χ2v) is 4.20. The van der Waals surface area contributed by atoms with Gasteiger partial charge in [0, 0.05) is 18.5 Å². The zero-order valence-electron chi connectivity index (χ0n) is 7.34. The van der Waals surface area contributed by atoms with Crippen LogP contribution in [-0.4, -0.2) is 29.9 Å². The molecule has 1 atom stereocenters. The number of likely N-dealkylation sites (tertiary alicyclic amines) is 1. The summed E-state index contributed by atoms with van der Waals surface area (Å²) < 4.78 is 0. The van der Waals surface area contributed by atoms with Gasteiger partial charge in [-0.1, -0.05) is 0 Å². The molecule has 2 aliphatic rings. The van der Waals surface area contributed by atoms with Crippen molar-refractivity contribution >= 4 is 24.0 Å². The minimum atomic E-state index is 0. The molecule has 3 heteroatoms. The topological polar surface area (TPSA) is 3.24 Å². The Labute approximate surface area is 85.9 Å². The van der Waals surface area contributed by atoms with Crippen LogP contribution < -0.4 is 0 Å². The van der Waals surface area contributed by atoms with Crippen molar-refractivity contribution in [3.8, 4) is 0 Å². The zero-order valence-corrected chi connectivity index (χ0v) is 8.91. The van der Waals surface area contributed by atoms with Gasteiger partial charge in [0.15, 0.2) is 0 Å². The molecule has 1 aliphatic carbocycles. The van der Waals surface area contributed by atoms with Crippen molar-refractivity contribution in [3.63, 3.8) is 0 Å². The Morgan fingerprint density at radius 1 is 1.25 bits per heavy atom. The number of alkyl halides is 1. The van der Waals surface area contributed by atoms with Crippen LogP contribution in [0.25, 0.3) is 0 Å². The van der Waals surface area contributed by atoms with Gasteiger partial charge in [-0.05, 0) is 38.1 Å². The summed E-state index contributed by atoms with van der Waals surface area (Å²) in [5.74, 6) is 1.87. The molecular formula is C9H17Cl2N. The van der Waals surface area contributed by atoms with Gasteiger partial charge >= 0.3 is 0 Å². The second kappa shape index (κ2) is 4.69. The molecule has 0 radical (unpaired) electrons. The van der Waals surface area contributed by atoms with E-state index in [0.717, 1.165) is 11.8 Å². The molecular weight excluding hydrogens is 193 g/mol. The van der Waals surface area contributed by atoms with Crippen LogP contribution in [0.2, 0.25) is 0 Å². The fraction of sp³-hybridized carbons (Fsp3) is 1.00. The Morgan fingerprint density at radius 2 is 2.00 bits per heavy atom. The lowest BCUT2D eigenvalue weighted by atomic mass is 10.2. The summed E-state index contributed by atoms with van der Waals surface area (Å²) in [6, 6.07) is 0.706. The summed E-state index contributed by atoms with van der Waals surface area (Å²) in [4.78, 5) is 2.59. The van der Waals surface area contributed by atoms with Crippen molar-refractivity contribution in [2.45, 2.75) is 31.7 Å². The second-order valence-electron chi connectivity index (χ2n) is 3.89. The van der Waals surface area contributed by atoms with Gasteiger partial charge in [-0.25, -0.2) is 0 Å². The van der Waals surface area contributed by atoms with Gasteiger partial charge in [-0.3, -0.25) is 4.90 Å². The minimum Gasteiger partial charge on any atom is -0.299 e. The molecule has 0 amide bonds. The fourth-order valence-electron chi connectivity index (χ4n) is 1.94. The van der Waals surface area contributed by atoms with Crippen LogP contribution in [0.4, 0.5) is 0 Å². The highest BCUT2D eigenvalue weighted by molar-refractivity contribution is 6.18. The summed E-state index contributed by atoms with van der Waals surface area (Å²) >= 11 is 5.86. The smallest absolute Gasteiger partial charge is 0.0379 e. The van der Waals surface area contributed by atoms with E-state index in [-0.39, 0.29) is 12.4 Å². The molecule has 1 nitrogen and oxygen atoms in total. The Balaban J connectivity index is 0.000000720. The minimum absolute atomic E-state index is 0. The maximum absolute atomic E-state index is 5.86. The van der Waals surface area contributed by atoms with Crippen LogP contribution in [0, 0.1) is 5.92 Å². The van der Waals surface area contributed by atoms with Crippen LogP contribution >= 0.6 is 24.0 Å². The lowest BCUT2D eigenvalue weighted by Crippen LogP contribution is -2.32. The Bertz CT molecular complexity index is 136. The number of hydrogen-bond donors (Lipinski definition) is 0. The molecule has 2 rings (SSSR count). The third-order valence-corrected chi connectivity index (χ3v) is 3.22. The largest absolute Gasteiger partial charge is 0.299 e. The summed E-state index contributed by atoms with van der Waals surface area (Å²) in [5.41, 5.74) is 0. The SMILES string of the molecule is Cl.ClC[C@H]1CCCN1CC1CC1. The Kier molecular flexibility index (Phi) is 4.15. The molecule has 2 fully saturated rings. The van der Waals surface area contributed by atoms with Gasteiger partial charge in [0.1, 0.15) is 0 Å². The predicted molar refractivity (Wildman–Crippen MR) is 55.3 cm³/mol. The normalized spacial score (nSPS) is 30.2. The molecule has 0 spiro atoms. The van der Waals surface area contributed by atoms with E-state index in [1.807, 2.05) is 0 Å². The number of nitrogens with zero attached hydrogens (tertiary/aromatic N) is 1. The molecule has 0 unspecified atom stereocenters. The standard InChI is InChI=1S/C9H16ClN.ClH/c10-6-9-2-1-5-11(9)7-8-3-4-8;/h8-9H,1-7H2;1H/t9-;/m1./s1. The molecule has 0 bridgehead atoms.